The van der Waals surface area contributed by atoms with Crippen molar-refractivity contribution in [3.63, 3.8) is 0 Å². The van der Waals surface area contributed by atoms with E-state index in [1.807, 2.05) is 19.1 Å². The summed E-state index contributed by atoms with van der Waals surface area (Å²) in [6.07, 6.45) is 7.78. The number of piperidine rings is 1. The third-order valence-corrected chi connectivity index (χ3v) is 9.69. The highest BCUT2D eigenvalue weighted by atomic mass is 16.5. The minimum Gasteiger partial charge on any atom is -0.494 e. The highest BCUT2D eigenvalue weighted by Crippen LogP contribution is 2.40. The van der Waals surface area contributed by atoms with Gasteiger partial charge in [-0.15, -0.1) is 0 Å². The second kappa shape index (κ2) is 12.3. The molecule has 7 heteroatoms. The molecule has 1 aliphatic carbocycles. The molecule has 0 spiro atoms. The first kappa shape index (κ1) is 27.3. The lowest BCUT2D eigenvalue weighted by Crippen LogP contribution is -2.46. The molecule has 0 radical (unpaired) electrons. The monoisotopic (exact) mass is 545 g/mol. The number of fused-ring (bicyclic) bond motifs is 1. The van der Waals surface area contributed by atoms with Crippen LogP contribution in [0.3, 0.4) is 0 Å². The Hall–Kier alpha value is -2.90. The Balaban J connectivity index is 1.13. The molecule has 0 amide bonds. The average Bonchev–Trinajstić information content (AvgIpc) is 3.59. The molecule has 1 saturated carbocycles. The Labute approximate surface area is 237 Å². The van der Waals surface area contributed by atoms with Crippen molar-refractivity contribution in [3.8, 4) is 5.75 Å². The van der Waals surface area contributed by atoms with Crippen LogP contribution >= 0.6 is 0 Å². The molecule has 6 rings (SSSR count). The molecule has 3 unspecified atom stereocenters. The Morgan fingerprint density at radius 1 is 1.05 bits per heavy atom. The number of hydrogen-bond donors (Lipinski definition) is 1. The topological polar surface area (TPSA) is 79.0 Å². The molecule has 1 N–H and O–H groups in total. The lowest BCUT2D eigenvalue weighted by atomic mass is 9.83. The molecule has 3 fully saturated rings. The first-order valence-electron chi connectivity index (χ1n) is 15.4. The summed E-state index contributed by atoms with van der Waals surface area (Å²) >= 11 is 0. The van der Waals surface area contributed by atoms with E-state index in [1.165, 1.54) is 12.0 Å². The molecular weight excluding hydrogens is 502 g/mol. The van der Waals surface area contributed by atoms with Crippen LogP contribution in [0.15, 0.2) is 53.1 Å². The predicted molar refractivity (Wildman–Crippen MR) is 156 cm³/mol. The van der Waals surface area contributed by atoms with Crippen molar-refractivity contribution in [1.82, 2.24) is 15.0 Å². The quantitative estimate of drug-likeness (QED) is 0.345. The summed E-state index contributed by atoms with van der Waals surface area (Å²) in [5.74, 6) is 1.65. The summed E-state index contributed by atoms with van der Waals surface area (Å²) in [5.41, 5.74) is 3.22. The van der Waals surface area contributed by atoms with Crippen molar-refractivity contribution in [2.75, 3.05) is 39.3 Å². The van der Waals surface area contributed by atoms with Gasteiger partial charge >= 0.3 is 5.97 Å². The maximum atomic E-state index is 12.5. The number of benzene rings is 2. The number of likely N-dealkylation sites (tertiary alicyclic amines) is 2. The number of ether oxygens (including phenoxy) is 1. The molecule has 3 aliphatic rings. The normalized spacial score (nSPS) is 24.4. The van der Waals surface area contributed by atoms with E-state index >= 15 is 0 Å². The van der Waals surface area contributed by atoms with Crippen LogP contribution in [0.1, 0.15) is 75.0 Å². The maximum Gasteiger partial charge on any atom is 0.321 e. The number of nitrogens with zero attached hydrogens (tertiary/aromatic N) is 3. The zero-order chi connectivity index (χ0) is 27.5. The van der Waals surface area contributed by atoms with E-state index < -0.39 is 5.97 Å². The van der Waals surface area contributed by atoms with E-state index in [0.717, 1.165) is 93.7 Å². The summed E-state index contributed by atoms with van der Waals surface area (Å²) in [6, 6.07) is 16.5. The van der Waals surface area contributed by atoms with Gasteiger partial charge in [0.05, 0.1) is 12.3 Å². The second-order valence-corrected chi connectivity index (χ2v) is 12.1. The molecule has 0 bridgehead atoms. The van der Waals surface area contributed by atoms with E-state index in [2.05, 4.69) is 51.4 Å². The van der Waals surface area contributed by atoms with E-state index in [1.54, 1.807) is 0 Å². The third-order valence-electron chi connectivity index (χ3n) is 9.69. The van der Waals surface area contributed by atoms with Gasteiger partial charge in [-0.05, 0) is 75.2 Å². The standard InChI is InChI=1S/C33H43N3O4/c1-2-39-27-13-14-28-30(19-27)40-34-31(28)24-15-17-35(18-16-24)20-26-21-36(22-29(26)23-9-5-3-6-10-23)32(33(37)38)25-11-7-4-8-12-25/h3,5-6,9-10,13-14,19,24-26,29,32H,2,4,7-8,11-12,15-18,20-22H2,1H3,(H,37,38). The molecule has 3 atom stereocenters. The number of hydrogen-bond acceptors (Lipinski definition) is 6. The Bertz CT molecular complexity index is 1260. The van der Waals surface area contributed by atoms with Crippen LogP contribution in [0.4, 0.5) is 0 Å². The SMILES string of the molecule is CCOc1ccc2c(C3CCN(CC4CN(C(C(=O)O)C5CCCCC5)CC4c4ccccc4)CC3)noc2c1. The minimum absolute atomic E-state index is 0.277. The molecule has 7 nitrogen and oxygen atoms in total. The van der Waals surface area contributed by atoms with Gasteiger partial charge in [-0.1, -0.05) is 54.8 Å². The highest BCUT2D eigenvalue weighted by Gasteiger charge is 2.43. The summed E-state index contributed by atoms with van der Waals surface area (Å²) in [6.45, 7) is 7.38. The number of carbonyl (C=O) groups is 1. The van der Waals surface area contributed by atoms with Crippen LogP contribution < -0.4 is 4.74 Å². The largest absolute Gasteiger partial charge is 0.494 e. The van der Waals surface area contributed by atoms with Crippen LogP contribution in [0, 0.1) is 11.8 Å². The van der Waals surface area contributed by atoms with Gasteiger partial charge in [0.25, 0.3) is 0 Å². The number of aliphatic carboxylic acids is 1. The van der Waals surface area contributed by atoms with E-state index in [4.69, 9.17) is 9.26 Å². The van der Waals surface area contributed by atoms with Crippen molar-refractivity contribution < 1.29 is 19.2 Å². The van der Waals surface area contributed by atoms with Gasteiger partial charge in [-0.25, -0.2) is 0 Å². The lowest BCUT2D eigenvalue weighted by molar-refractivity contribution is -0.145. The minimum atomic E-state index is -0.631. The van der Waals surface area contributed by atoms with Gasteiger partial charge in [0.1, 0.15) is 11.8 Å². The highest BCUT2D eigenvalue weighted by molar-refractivity contribution is 5.81. The Kier molecular flexibility index (Phi) is 8.40. The predicted octanol–water partition coefficient (Wildman–Crippen LogP) is 6.16. The van der Waals surface area contributed by atoms with Gasteiger partial charge in [-0.3, -0.25) is 9.69 Å². The molecule has 214 valence electrons. The lowest BCUT2D eigenvalue weighted by Gasteiger charge is -2.35. The smallest absolute Gasteiger partial charge is 0.321 e. The molecule has 3 heterocycles. The number of carboxylic acids is 1. The first-order valence-corrected chi connectivity index (χ1v) is 15.4. The van der Waals surface area contributed by atoms with Crippen LogP contribution in [0.5, 0.6) is 5.75 Å². The summed E-state index contributed by atoms with van der Waals surface area (Å²) in [4.78, 5) is 17.5. The molecule has 40 heavy (non-hydrogen) atoms. The number of rotatable bonds is 9. The second-order valence-electron chi connectivity index (χ2n) is 12.1. The molecule has 3 aromatic rings. The van der Waals surface area contributed by atoms with Crippen molar-refractivity contribution in [2.24, 2.45) is 11.8 Å². The fourth-order valence-electron chi connectivity index (χ4n) is 7.71. The van der Waals surface area contributed by atoms with Crippen LogP contribution in [0.25, 0.3) is 11.0 Å². The van der Waals surface area contributed by atoms with Crippen molar-refractivity contribution in [3.05, 3.63) is 59.8 Å². The van der Waals surface area contributed by atoms with Crippen LogP contribution in [0.2, 0.25) is 0 Å². The van der Waals surface area contributed by atoms with E-state index in [9.17, 15) is 9.90 Å². The molecular formula is C33H43N3O4. The summed E-state index contributed by atoms with van der Waals surface area (Å²) in [5, 5.41) is 15.9. The third kappa shape index (κ3) is 5.77. The van der Waals surface area contributed by atoms with Gasteiger partial charge in [0.2, 0.25) is 0 Å². The zero-order valence-corrected chi connectivity index (χ0v) is 23.7. The van der Waals surface area contributed by atoms with Crippen molar-refractivity contribution in [2.45, 2.75) is 69.7 Å². The van der Waals surface area contributed by atoms with Gasteiger partial charge in [0.15, 0.2) is 5.58 Å². The number of carboxylic acid groups (broad SMARTS) is 1. The number of aromatic nitrogens is 1. The van der Waals surface area contributed by atoms with E-state index in [0.29, 0.717) is 24.4 Å². The zero-order valence-electron chi connectivity index (χ0n) is 23.7. The molecule has 2 aliphatic heterocycles. The first-order chi connectivity index (χ1) is 19.6. The fourth-order valence-corrected chi connectivity index (χ4v) is 7.71. The van der Waals surface area contributed by atoms with Crippen LogP contribution in [-0.2, 0) is 4.79 Å². The Morgan fingerprint density at radius 2 is 1.82 bits per heavy atom. The van der Waals surface area contributed by atoms with Gasteiger partial charge < -0.3 is 19.3 Å². The average molecular weight is 546 g/mol. The van der Waals surface area contributed by atoms with Gasteiger partial charge in [0, 0.05) is 42.9 Å². The van der Waals surface area contributed by atoms with E-state index in [-0.39, 0.29) is 12.0 Å². The maximum absolute atomic E-state index is 12.5. The van der Waals surface area contributed by atoms with Gasteiger partial charge in [-0.2, -0.15) is 0 Å². The summed E-state index contributed by atoms with van der Waals surface area (Å²) < 4.78 is 11.3. The van der Waals surface area contributed by atoms with Crippen LogP contribution in [-0.4, -0.2) is 71.4 Å². The molecule has 2 aromatic carbocycles. The van der Waals surface area contributed by atoms with Crippen molar-refractivity contribution >= 4 is 16.9 Å². The molecule has 1 aromatic heterocycles. The summed E-state index contributed by atoms with van der Waals surface area (Å²) in [7, 11) is 0. The fraction of sp³-hybridized carbons (Fsp3) is 0.576. The molecule has 2 saturated heterocycles. The van der Waals surface area contributed by atoms with Crippen molar-refractivity contribution in [1.29, 1.82) is 0 Å². The Morgan fingerprint density at radius 3 is 2.55 bits per heavy atom.